The number of ether oxygens (including phenoxy) is 1. The predicted octanol–water partition coefficient (Wildman–Crippen LogP) is 4.75. The van der Waals surface area contributed by atoms with E-state index in [0.717, 1.165) is 35.1 Å². The van der Waals surface area contributed by atoms with Gasteiger partial charge in [0.1, 0.15) is 10.8 Å². The Morgan fingerprint density at radius 1 is 1.13 bits per heavy atom. The largest absolute Gasteiger partial charge is 0.483 e. The van der Waals surface area contributed by atoms with Crippen LogP contribution in [0.15, 0.2) is 18.2 Å². The molecule has 1 aliphatic heterocycles. The zero-order valence-electron chi connectivity index (χ0n) is 19.0. The lowest BCUT2D eigenvalue weighted by molar-refractivity contribution is -0.133. The number of aryl methyl sites for hydroxylation is 1. The summed E-state index contributed by atoms with van der Waals surface area (Å²) in [5.74, 6) is 1.83. The number of anilines is 1. The topological polar surface area (TPSA) is 58.6 Å². The Morgan fingerprint density at radius 3 is 2.58 bits per heavy atom. The number of hydrogen-bond donors (Lipinski definition) is 0. The van der Waals surface area contributed by atoms with Crippen molar-refractivity contribution in [1.29, 1.82) is 0 Å². The van der Waals surface area contributed by atoms with Crippen molar-refractivity contribution >= 4 is 22.4 Å². The Labute approximate surface area is 189 Å². The van der Waals surface area contributed by atoms with Crippen LogP contribution in [0.1, 0.15) is 73.9 Å². The van der Waals surface area contributed by atoms with E-state index < -0.39 is 0 Å². The highest BCUT2D eigenvalue weighted by Gasteiger charge is 2.26. The van der Waals surface area contributed by atoms with Crippen molar-refractivity contribution in [2.75, 3.05) is 37.7 Å². The summed E-state index contributed by atoms with van der Waals surface area (Å²) in [7, 11) is 0. The van der Waals surface area contributed by atoms with Gasteiger partial charge in [-0.1, -0.05) is 56.6 Å². The fourth-order valence-electron chi connectivity index (χ4n) is 4.49. The van der Waals surface area contributed by atoms with E-state index in [4.69, 9.17) is 4.74 Å². The quantitative estimate of drug-likeness (QED) is 0.646. The highest BCUT2D eigenvalue weighted by atomic mass is 32.1. The average molecular weight is 443 g/mol. The fourth-order valence-corrected chi connectivity index (χ4v) is 5.55. The van der Waals surface area contributed by atoms with Crippen LogP contribution in [-0.2, 0) is 4.79 Å². The lowest BCUT2D eigenvalue weighted by Crippen LogP contribution is -2.50. The van der Waals surface area contributed by atoms with Crippen molar-refractivity contribution in [3.8, 4) is 5.75 Å². The van der Waals surface area contributed by atoms with Crippen molar-refractivity contribution in [1.82, 2.24) is 15.1 Å². The van der Waals surface area contributed by atoms with Crippen molar-refractivity contribution in [2.45, 2.75) is 64.7 Å². The number of hydrogen-bond acceptors (Lipinski definition) is 6. The second-order valence-electron chi connectivity index (χ2n) is 9.11. The maximum absolute atomic E-state index is 12.7. The van der Waals surface area contributed by atoms with E-state index in [0.29, 0.717) is 24.9 Å². The van der Waals surface area contributed by atoms with E-state index in [2.05, 4.69) is 41.1 Å². The first-order chi connectivity index (χ1) is 15.0. The molecule has 2 aliphatic rings. The monoisotopic (exact) mass is 442 g/mol. The molecule has 7 heteroatoms. The molecule has 6 nitrogen and oxygen atoms in total. The van der Waals surface area contributed by atoms with Crippen LogP contribution < -0.4 is 9.64 Å². The Hall–Kier alpha value is -2.15. The molecule has 0 unspecified atom stereocenters. The zero-order chi connectivity index (χ0) is 21.8. The van der Waals surface area contributed by atoms with Crippen LogP contribution in [0.25, 0.3) is 0 Å². The molecule has 31 heavy (non-hydrogen) atoms. The third kappa shape index (κ3) is 5.37. The SMILES string of the molecule is Cc1ccc(C(C)C)c(OCC(=O)N2CCN(c3nnc(C4CCCCC4)s3)CC2)c1. The van der Waals surface area contributed by atoms with E-state index in [1.54, 1.807) is 11.3 Å². The van der Waals surface area contributed by atoms with Crippen LogP contribution in [0.4, 0.5) is 5.13 Å². The van der Waals surface area contributed by atoms with Gasteiger partial charge in [-0.15, -0.1) is 10.2 Å². The van der Waals surface area contributed by atoms with Crippen LogP contribution in [0.3, 0.4) is 0 Å². The molecule has 0 radical (unpaired) electrons. The Balaban J connectivity index is 1.29. The summed E-state index contributed by atoms with van der Waals surface area (Å²) in [4.78, 5) is 16.9. The molecule has 0 atom stereocenters. The minimum Gasteiger partial charge on any atom is -0.483 e. The molecule has 1 aromatic carbocycles. The molecule has 1 saturated carbocycles. The Kier molecular flexibility index (Phi) is 7.10. The van der Waals surface area contributed by atoms with Crippen molar-refractivity contribution in [3.05, 3.63) is 34.3 Å². The van der Waals surface area contributed by atoms with E-state index >= 15 is 0 Å². The van der Waals surface area contributed by atoms with Gasteiger partial charge >= 0.3 is 0 Å². The van der Waals surface area contributed by atoms with Gasteiger partial charge < -0.3 is 14.5 Å². The molecule has 2 fully saturated rings. The normalized spacial score (nSPS) is 17.9. The maximum Gasteiger partial charge on any atom is 0.260 e. The highest BCUT2D eigenvalue weighted by molar-refractivity contribution is 7.15. The summed E-state index contributed by atoms with van der Waals surface area (Å²) in [6.07, 6.45) is 6.46. The van der Waals surface area contributed by atoms with Gasteiger partial charge in [0, 0.05) is 32.1 Å². The van der Waals surface area contributed by atoms with Crippen molar-refractivity contribution < 1.29 is 9.53 Å². The molecular formula is C24H34N4O2S. The second kappa shape index (κ2) is 9.98. The third-order valence-electron chi connectivity index (χ3n) is 6.43. The van der Waals surface area contributed by atoms with E-state index in [1.807, 2.05) is 17.9 Å². The second-order valence-corrected chi connectivity index (χ2v) is 10.1. The van der Waals surface area contributed by atoms with Gasteiger partial charge in [0.25, 0.3) is 5.91 Å². The summed E-state index contributed by atoms with van der Waals surface area (Å²) in [6.45, 7) is 9.42. The van der Waals surface area contributed by atoms with Crippen LogP contribution in [0.5, 0.6) is 5.75 Å². The summed E-state index contributed by atoms with van der Waals surface area (Å²) < 4.78 is 5.95. The standard InChI is InChI=1S/C24H34N4O2S/c1-17(2)20-10-9-18(3)15-21(20)30-16-22(29)27-11-13-28(14-12-27)24-26-25-23(31-24)19-7-5-4-6-8-19/h9-10,15,17,19H,4-8,11-14,16H2,1-3H3. The Bertz CT molecular complexity index is 883. The van der Waals surface area contributed by atoms with E-state index in [9.17, 15) is 4.79 Å². The lowest BCUT2D eigenvalue weighted by atomic mass is 9.90. The molecule has 0 N–H and O–H groups in total. The minimum absolute atomic E-state index is 0.0519. The lowest BCUT2D eigenvalue weighted by Gasteiger charge is -2.34. The fraction of sp³-hybridized carbons (Fsp3) is 0.625. The van der Waals surface area contributed by atoms with Crippen molar-refractivity contribution in [2.24, 2.45) is 0 Å². The number of piperazine rings is 1. The first-order valence-corrected chi connectivity index (χ1v) is 12.4. The number of carbonyl (C=O) groups is 1. The highest BCUT2D eigenvalue weighted by Crippen LogP contribution is 2.36. The molecule has 0 bridgehead atoms. The molecule has 0 spiro atoms. The molecule has 168 valence electrons. The number of aromatic nitrogens is 2. The minimum atomic E-state index is 0.0519. The summed E-state index contributed by atoms with van der Waals surface area (Å²) in [5, 5.41) is 11.1. The molecule has 1 amide bonds. The predicted molar refractivity (Wildman–Crippen MR) is 125 cm³/mol. The van der Waals surface area contributed by atoms with Gasteiger partial charge in [-0.3, -0.25) is 4.79 Å². The van der Waals surface area contributed by atoms with Crippen molar-refractivity contribution in [3.63, 3.8) is 0 Å². The first kappa shape index (κ1) is 22.1. The molecule has 1 aromatic heterocycles. The number of benzene rings is 1. The molecule has 4 rings (SSSR count). The summed E-state index contributed by atoms with van der Waals surface area (Å²) >= 11 is 1.74. The van der Waals surface area contributed by atoms with E-state index in [-0.39, 0.29) is 12.5 Å². The van der Waals surface area contributed by atoms with Gasteiger partial charge in [0.05, 0.1) is 0 Å². The molecule has 2 aromatic rings. The van der Waals surface area contributed by atoms with Gasteiger partial charge in [-0.25, -0.2) is 0 Å². The van der Waals surface area contributed by atoms with Crippen LogP contribution in [-0.4, -0.2) is 53.8 Å². The molecule has 1 aliphatic carbocycles. The van der Waals surface area contributed by atoms with Gasteiger partial charge in [-0.05, 0) is 42.9 Å². The number of carbonyl (C=O) groups excluding carboxylic acids is 1. The summed E-state index contributed by atoms with van der Waals surface area (Å²) in [5.41, 5.74) is 2.29. The van der Waals surface area contributed by atoms with Gasteiger partial charge in [0.2, 0.25) is 5.13 Å². The van der Waals surface area contributed by atoms with Crippen LogP contribution >= 0.6 is 11.3 Å². The molecule has 2 heterocycles. The number of amides is 1. The third-order valence-corrected chi connectivity index (χ3v) is 7.58. The van der Waals surface area contributed by atoms with E-state index in [1.165, 1.54) is 37.1 Å². The molecular weight excluding hydrogens is 408 g/mol. The molecule has 1 saturated heterocycles. The number of rotatable bonds is 6. The van der Waals surface area contributed by atoms with Gasteiger partial charge in [0.15, 0.2) is 6.61 Å². The van der Waals surface area contributed by atoms with Crippen LogP contribution in [0, 0.1) is 6.92 Å². The van der Waals surface area contributed by atoms with Crippen LogP contribution in [0.2, 0.25) is 0 Å². The number of nitrogens with zero attached hydrogens (tertiary/aromatic N) is 4. The maximum atomic E-state index is 12.7. The Morgan fingerprint density at radius 2 is 1.87 bits per heavy atom. The smallest absolute Gasteiger partial charge is 0.260 e. The zero-order valence-corrected chi connectivity index (χ0v) is 19.8. The summed E-state index contributed by atoms with van der Waals surface area (Å²) in [6, 6.07) is 6.22. The average Bonchev–Trinajstić information content (AvgIpc) is 3.28. The first-order valence-electron chi connectivity index (χ1n) is 11.6. The van der Waals surface area contributed by atoms with Gasteiger partial charge in [-0.2, -0.15) is 0 Å².